The molecule has 3 unspecified atom stereocenters. The van der Waals surface area contributed by atoms with Gasteiger partial charge in [-0.25, -0.2) is 4.98 Å². The van der Waals surface area contributed by atoms with Gasteiger partial charge in [0.15, 0.2) is 0 Å². The summed E-state index contributed by atoms with van der Waals surface area (Å²) in [6.45, 7) is 2.01. The third-order valence-corrected chi connectivity index (χ3v) is 5.67. The lowest BCUT2D eigenvalue weighted by atomic mass is 9.86. The molecule has 0 spiro atoms. The number of anilines is 1. The number of benzene rings is 2. The Morgan fingerprint density at radius 2 is 2.11 bits per heavy atom. The average molecular weight is 377 g/mol. The van der Waals surface area contributed by atoms with Crippen LogP contribution in [0, 0.1) is 11.8 Å². The van der Waals surface area contributed by atoms with E-state index in [4.69, 9.17) is 9.47 Å². The van der Waals surface area contributed by atoms with Crippen molar-refractivity contribution in [2.75, 3.05) is 25.1 Å². The number of hydrogen-bond donors (Lipinski definition) is 2. The number of aromatic amines is 1. The fraction of sp³-hybridized carbons (Fsp3) is 0.364. The first-order valence-corrected chi connectivity index (χ1v) is 9.79. The molecule has 6 heteroatoms. The van der Waals surface area contributed by atoms with E-state index in [1.807, 2.05) is 48.5 Å². The molecular formula is C22H23N3O3. The van der Waals surface area contributed by atoms with Gasteiger partial charge in [0.1, 0.15) is 11.9 Å². The number of ether oxygens (including phenoxy) is 2. The highest BCUT2D eigenvalue weighted by molar-refractivity contribution is 5.94. The summed E-state index contributed by atoms with van der Waals surface area (Å²) in [6.07, 6.45) is 1.18. The van der Waals surface area contributed by atoms with Crippen LogP contribution in [0.2, 0.25) is 0 Å². The Morgan fingerprint density at radius 1 is 1.18 bits per heavy atom. The Kier molecular flexibility index (Phi) is 4.58. The van der Waals surface area contributed by atoms with Crippen LogP contribution in [-0.2, 0) is 20.7 Å². The van der Waals surface area contributed by atoms with Crippen molar-refractivity contribution in [3.63, 3.8) is 0 Å². The molecule has 3 heterocycles. The van der Waals surface area contributed by atoms with Gasteiger partial charge in [-0.05, 0) is 36.2 Å². The molecule has 6 nitrogen and oxygen atoms in total. The van der Waals surface area contributed by atoms with Crippen molar-refractivity contribution in [3.05, 3.63) is 59.9 Å². The summed E-state index contributed by atoms with van der Waals surface area (Å²) in [5.41, 5.74) is 3.88. The molecule has 2 saturated heterocycles. The van der Waals surface area contributed by atoms with E-state index in [1.54, 1.807) is 0 Å². The van der Waals surface area contributed by atoms with Crippen molar-refractivity contribution in [2.45, 2.75) is 18.9 Å². The molecule has 2 N–H and O–H groups in total. The smallest absolute Gasteiger partial charge is 0.253 e. The summed E-state index contributed by atoms with van der Waals surface area (Å²) in [5.74, 6) is 1.44. The van der Waals surface area contributed by atoms with Gasteiger partial charge in [-0.15, -0.1) is 0 Å². The number of hydrogen-bond acceptors (Lipinski definition) is 4. The maximum atomic E-state index is 12.8. The summed E-state index contributed by atoms with van der Waals surface area (Å²) < 4.78 is 11.3. The zero-order valence-electron chi connectivity index (χ0n) is 15.6. The Hall–Kier alpha value is -2.70. The first kappa shape index (κ1) is 17.4. The summed E-state index contributed by atoms with van der Waals surface area (Å²) in [5, 5.41) is 3.03. The molecule has 3 atom stereocenters. The third-order valence-electron chi connectivity index (χ3n) is 5.67. The van der Waals surface area contributed by atoms with Crippen LogP contribution in [0.5, 0.6) is 0 Å². The predicted octanol–water partition coefficient (Wildman–Crippen LogP) is 3.14. The second-order valence-corrected chi connectivity index (χ2v) is 7.61. The molecule has 0 radical (unpaired) electrons. The van der Waals surface area contributed by atoms with Crippen molar-refractivity contribution in [2.24, 2.45) is 11.8 Å². The highest BCUT2D eigenvalue weighted by Gasteiger charge is 2.42. The first-order valence-electron chi connectivity index (χ1n) is 9.79. The SMILES string of the molecule is O=C(Nc1cccc(Cc2nc3ccccc3[nH]2)c1)C1OCC2COCCC21. The van der Waals surface area contributed by atoms with Crippen LogP contribution in [0.25, 0.3) is 11.0 Å². The number of nitrogens with zero attached hydrogens (tertiary/aromatic N) is 1. The molecule has 5 rings (SSSR count). The van der Waals surface area contributed by atoms with E-state index >= 15 is 0 Å². The average Bonchev–Trinajstić information content (AvgIpc) is 3.31. The van der Waals surface area contributed by atoms with E-state index < -0.39 is 0 Å². The minimum absolute atomic E-state index is 0.0599. The van der Waals surface area contributed by atoms with Crippen LogP contribution < -0.4 is 5.32 Å². The zero-order chi connectivity index (χ0) is 18.9. The van der Waals surface area contributed by atoms with Gasteiger partial charge in [-0.1, -0.05) is 24.3 Å². The molecule has 0 bridgehead atoms. The quantitative estimate of drug-likeness (QED) is 0.732. The zero-order valence-corrected chi connectivity index (χ0v) is 15.6. The maximum absolute atomic E-state index is 12.8. The Balaban J connectivity index is 1.28. The number of carbonyl (C=O) groups excluding carboxylic acids is 1. The van der Waals surface area contributed by atoms with Gasteiger partial charge in [0, 0.05) is 30.6 Å². The fourth-order valence-corrected chi connectivity index (χ4v) is 4.26. The standard InChI is InChI=1S/C22H23N3O3/c26-22(21-17-8-9-27-12-15(17)13-28-21)23-16-5-3-4-14(10-16)11-20-24-18-6-1-2-7-19(18)25-20/h1-7,10,15,17,21H,8-9,11-13H2,(H,23,26)(H,24,25). The van der Waals surface area contributed by atoms with Gasteiger partial charge in [-0.3, -0.25) is 4.79 Å². The van der Waals surface area contributed by atoms with E-state index in [9.17, 15) is 4.79 Å². The molecule has 1 amide bonds. The van der Waals surface area contributed by atoms with Gasteiger partial charge in [-0.2, -0.15) is 0 Å². The largest absolute Gasteiger partial charge is 0.381 e. The van der Waals surface area contributed by atoms with Crippen LogP contribution in [-0.4, -0.2) is 41.8 Å². The van der Waals surface area contributed by atoms with E-state index in [1.165, 1.54) is 0 Å². The van der Waals surface area contributed by atoms with Gasteiger partial charge in [0.2, 0.25) is 0 Å². The molecule has 1 aromatic heterocycles. The number of carbonyl (C=O) groups is 1. The van der Waals surface area contributed by atoms with Crippen molar-refractivity contribution in [1.29, 1.82) is 0 Å². The number of fused-ring (bicyclic) bond motifs is 2. The van der Waals surface area contributed by atoms with E-state index in [0.717, 1.165) is 34.5 Å². The van der Waals surface area contributed by atoms with Gasteiger partial charge in [0.05, 0.1) is 24.2 Å². The van der Waals surface area contributed by atoms with E-state index in [2.05, 4.69) is 15.3 Å². The number of amides is 1. The lowest BCUT2D eigenvalue weighted by Gasteiger charge is -2.26. The van der Waals surface area contributed by atoms with Crippen LogP contribution in [0.1, 0.15) is 17.8 Å². The van der Waals surface area contributed by atoms with E-state index in [0.29, 0.717) is 32.2 Å². The third kappa shape index (κ3) is 3.41. The van der Waals surface area contributed by atoms with Crippen LogP contribution in [0.4, 0.5) is 5.69 Å². The van der Waals surface area contributed by atoms with Crippen molar-refractivity contribution in [3.8, 4) is 0 Å². The lowest BCUT2D eigenvalue weighted by molar-refractivity contribution is -0.126. The number of aromatic nitrogens is 2. The van der Waals surface area contributed by atoms with Crippen molar-refractivity contribution in [1.82, 2.24) is 9.97 Å². The second kappa shape index (κ2) is 7.37. The molecule has 3 aromatic rings. The van der Waals surface area contributed by atoms with Crippen LogP contribution in [0.15, 0.2) is 48.5 Å². The molecule has 2 aliphatic heterocycles. The fourth-order valence-electron chi connectivity index (χ4n) is 4.26. The van der Waals surface area contributed by atoms with E-state index in [-0.39, 0.29) is 17.9 Å². The molecule has 2 aromatic carbocycles. The van der Waals surface area contributed by atoms with Gasteiger partial charge < -0.3 is 19.8 Å². The monoisotopic (exact) mass is 377 g/mol. The molecule has 144 valence electrons. The molecule has 28 heavy (non-hydrogen) atoms. The van der Waals surface area contributed by atoms with Crippen LogP contribution in [0.3, 0.4) is 0 Å². The van der Waals surface area contributed by atoms with Gasteiger partial charge >= 0.3 is 0 Å². The van der Waals surface area contributed by atoms with Gasteiger partial charge in [0.25, 0.3) is 5.91 Å². The number of H-pyrrole nitrogens is 1. The summed E-state index contributed by atoms with van der Waals surface area (Å²) in [7, 11) is 0. The number of imidazole rings is 1. The summed E-state index contributed by atoms with van der Waals surface area (Å²) in [6, 6.07) is 15.9. The van der Waals surface area contributed by atoms with Crippen LogP contribution >= 0.6 is 0 Å². The Labute approximate surface area is 163 Å². The maximum Gasteiger partial charge on any atom is 0.253 e. The summed E-state index contributed by atoms with van der Waals surface area (Å²) in [4.78, 5) is 20.7. The topological polar surface area (TPSA) is 76.2 Å². The number of nitrogens with one attached hydrogen (secondary N) is 2. The highest BCUT2D eigenvalue weighted by Crippen LogP contribution is 2.34. The van der Waals surface area contributed by atoms with Crippen molar-refractivity contribution >= 4 is 22.6 Å². The Morgan fingerprint density at radius 3 is 3.04 bits per heavy atom. The van der Waals surface area contributed by atoms with Crippen molar-refractivity contribution < 1.29 is 14.3 Å². The molecule has 0 aliphatic carbocycles. The molecule has 0 saturated carbocycles. The number of rotatable bonds is 4. The minimum Gasteiger partial charge on any atom is -0.381 e. The Bertz CT molecular complexity index is 966. The first-order chi connectivity index (χ1) is 13.8. The minimum atomic E-state index is -0.382. The normalized spacial score (nSPS) is 24.2. The lowest BCUT2D eigenvalue weighted by Crippen LogP contribution is -2.37. The highest BCUT2D eigenvalue weighted by atomic mass is 16.5. The molecule has 2 fully saturated rings. The molecular weight excluding hydrogens is 354 g/mol. The predicted molar refractivity (Wildman–Crippen MR) is 106 cm³/mol. The molecule has 2 aliphatic rings. The number of para-hydroxylation sites is 2. The second-order valence-electron chi connectivity index (χ2n) is 7.61. The summed E-state index contributed by atoms with van der Waals surface area (Å²) >= 11 is 0.